The summed E-state index contributed by atoms with van der Waals surface area (Å²) in [5.74, 6) is 0.187. The van der Waals surface area contributed by atoms with Gasteiger partial charge in [0.15, 0.2) is 0 Å². The summed E-state index contributed by atoms with van der Waals surface area (Å²) in [6, 6.07) is 17.8. The smallest absolute Gasteiger partial charge is 0.244 e. The van der Waals surface area contributed by atoms with E-state index in [0.717, 1.165) is 33.5 Å². The molecule has 1 aliphatic heterocycles. The normalized spacial score (nSPS) is 14.8. The Morgan fingerprint density at radius 3 is 1.85 bits per heavy atom. The predicted molar refractivity (Wildman–Crippen MR) is 101 cm³/mol. The lowest BCUT2D eigenvalue weighted by Gasteiger charge is -2.32. The van der Waals surface area contributed by atoms with Gasteiger partial charge in [0.2, 0.25) is 5.91 Å². The summed E-state index contributed by atoms with van der Waals surface area (Å²) in [5, 5.41) is 22.7. The molecule has 0 saturated carbocycles. The van der Waals surface area contributed by atoms with E-state index in [0.29, 0.717) is 0 Å². The van der Waals surface area contributed by atoms with Gasteiger partial charge in [0.05, 0.1) is 0 Å². The number of hydrogen-bond acceptors (Lipinski definition) is 3. The Bertz CT molecular complexity index is 988. The maximum atomic E-state index is 13.4. The lowest BCUT2D eigenvalue weighted by atomic mass is 9.67. The van der Waals surface area contributed by atoms with Crippen LogP contribution in [-0.4, -0.2) is 16.1 Å². The number of carbonyl (C=O) groups is 1. The van der Waals surface area contributed by atoms with Crippen molar-refractivity contribution < 1.29 is 15.0 Å². The minimum atomic E-state index is -1.04. The number of aryl methyl sites for hydroxylation is 2. The predicted octanol–water partition coefficient (Wildman–Crippen LogP) is 4.00. The van der Waals surface area contributed by atoms with Crippen molar-refractivity contribution in [2.45, 2.75) is 19.3 Å². The molecule has 26 heavy (non-hydrogen) atoms. The number of aromatic hydroxyl groups is 2. The number of phenolic OH excluding ortho intramolecular Hbond substituents is 2. The van der Waals surface area contributed by atoms with Gasteiger partial charge >= 0.3 is 0 Å². The van der Waals surface area contributed by atoms with Gasteiger partial charge in [-0.2, -0.15) is 0 Å². The first-order valence-corrected chi connectivity index (χ1v) is 8.45. The largest absolute Gasteiger partial charge is 0.508 e. The van der Waals surface area contributed by atoms with E-state index in [-0.39, 0.29) is 17.4 Å². The van der Waals surface area contributed by atoms with Gasteiger partial charge < -0.3 is 15.5 Å². The van der Waals surface area contributed by atoms with Crippen LogP contribution in [0.3, 0.4) is 0 Å². The monoisotopic (exact) mass is 345 g/mol. The van der Waals surface area contributed by atoms with Crippen molar-refractivity contribution in [1.82, 2.24) is 0 Å². The van der Waals surface area contributed by atoms with Crippen LogP contribution in [0.25, 0.3) is 0 Å². The molecule has 0 atom stereocenters. The van der Waals surface area contributed by atoms with Gasteiger partial charge in [-0.05, 0) is 66.4 Å². The van der Waals surface area contributed by atoms with Crippen LogP contribution < -0.4 is 5.32 Å². The summed E-state index contributed by atoms with van der Waals surface area (Å²) in [5.41, 5.74) is 3.88. The molecule has 0 spiro atoms. The van der Waals surface area contributed by atoms with Crippen molar-refractivity contribution in [3.63, 3.8) is 0 Å². The summed E-state index contributed by atoms with van der Waals surface area (Å²) < 4.78 is 0. The lowest BCUT2D eigenvalue weighted by Crippen LogP contribution is -2.38. The molecule has 4 heteroatoms. The highest BCUT2D eigenvalue weighted by Gasteiger charge is 2.51. The maximum Gasteiger partial charge on any atom is 0.244 e. The van der Waals surface area contributed by atoms with Crippen molar-refractivity contribution in [3.05, 3.63) is 88.5 Å². The maximum absolute atomic E-state index is 13.4. The third-order valence-electron chi connectivity index (χ3n) is 5.15. The Hall–Kier alpha value is -3.27. The lowest BCUT2D eigenvalue weighted by molar-refractivity contribution is -0.118. The van der Waals surface area contributed by atoms with Crippen molar-refractivity contribution in [1.29, 1.82) is 0 Å². The van der Waals surface area contributed by atoms with Crippen molar-refractivity contribution in [3.8, 4) is 11.5 Å². The molecule has 3 aromatic rings. The number of nitrogens with one attached hydrogen (secondary N) is 1. The van der Waals surface area contributed by atoms with Crippen LogP contribution in [0.5, 0.6) is 11.5 Å². The molecule has 3 aromatic carbocycles. The minimum absolute atomic E-state index is 0.138. The molecule has 4 rings (SSSR count). The van der Waals surface area contributed by atoms with Crippen molar-refractivity contribution in [2.75, 3.05) is 5.32 Å². The fourth-order valence-electron chi connectivity index (χ4n) is 4.07. The Kier molecular flexibility index (Phi) is 3.51. The fourth-order valence-corrected chi connectivity index (χ4v) is 4.07. The molecule has 0 fully saturated rings. The van der Waals surface area contributed by atoms with Crippen molar-refractivity contribution >= 4 is 11.6 Å². The Morgan fingerprint density at radius 1 is 0.769 bits per heavy atom. The van der Waals surface area contributed by atoms with Crippen LogP contribution in [0.1, 0.15) is 27.8 Å². The zero-order chi connectivity index (χ0) is 18.5. The van der Waals surface area contributed by atoms with Gasteiger partial charge in [0, 0.05) is 11.3 Å². The number of amides is 1. The highest BCUT2D eigenvalue weighted by atomic mass is 16.3. The third-order valence-corrected chi connectivity index (χ3v) is 5.15. The van der Waals surface area contributed by atoms with Gasteiger partial charge in [-0.15, -0.1) is 0 Å². The SMILES string of the molecule is Cc1cc(O)ccc1C1(c2ccc(O)cc2C)C(=O)Nc2ccccc21. The van der Waals surface area contributed by atoms with Crippen LogP contribution in [0.15, 0.2) is 60.7 Å². The van der Waals surface area contributed by atoms with Gasteiger partial charge in [-0.25, -0.2) is 0 Å². The zero-order valence-corrected chi connectivity index (χ0v) is 14.6. The van der Waals surface area contributed by atoms with Gasteiger partial charge in [0.25, 0.3) is 0 Å². The van der Waals surface area contributed by atoms with Gasteiger partial charge in [-0.1, -0.05) is 30.3 Å². The number of para-hydroxylation sites is 1. The molecule has 1 heterocycles. The van der Waals surface area contributed by atoms with Crippen molar-refractivity contribution in [2.24, 2.45) is 0 Å². The Morgan fingerprint density at radius 2 is 1.31 bits per heavy atom. The molecule has 0 radical (unpaired) electrons. The Balaban J connectivity index is 2.14. The first-order chi connectivity index (χ1) is 12.4. The van der Waals surface area contributed by atoms with E-state index in [2.05, 4.69) is 5.32 Å². The Labute approximate surface area is 151 Å². The molecule has 3 N–H and O–H groups in total. The summed E-state index contributed by atoms with van der Waals surface area (Å²) in [6.07, 6.45) is 0. The number of rotatable bonds is 2. The summed E-state index contributed by atoms with van der Waals surface area (Å²) >= 11 is 0. The molecule has 1 aliphatic rings. The number of phenols is 2. The van der Waals surface area contributed by atoms with Crippen LogP contribution in [0, 0.1) is 13.8 Å². The number of anilines is 1. The molecule has 1 amide bonds. The average Bonchev–Trinajstić information content (AvgIpc) is 2.88. The molecule has 0 saturated heterocycles. The van der Waals surface area contributed by atoms with E-state index in [1.165, 1.54) is 0 Å². The second kappa shape index (κ2) is 5.63. The molecule has 0 unspecified atom stereocenters. The number of carbonyl (C=O) groups excluding carboxylic acids is 1. The first kappa shape index (κ1) is 16.2. The highest BCUT2D eigenvalue weighted by Crippen LogP contribution is 2.50. The van der Waals surface area contributed by atoms with E-state index in [4.69, 9.17) is 0 Å². The minimum Gasteiger partial charge on any atom is -0.508 e. The summed E-state index contributed by atoms with van der Waals surface area (Å²) in [7, 11) is 0. The van der Waals surface area contributed by atoms with Crippen LogP contribution in [0.2, 0.25) is 0 Å². The summed E-state index contributed by atoms with van der Waals surface area (Å²) in [4.78, 5) is 13.4. The van der Waals surface area contributed by atoms with Crippen LogP contribution >= 0.6 is 0 Å². The topological polar surface area (TPSA) is 69.6 Å². The van der Waals surface area contributed by atoms with E-state index in [1.807, 2.05) is 38.1 Å². The summed E-state index contributed by atoms with van der Waals surface area (Å²) in [6.45, 7) is 3.78. The first-order valence-electron chi connectivity index (χ1n) is 8.45. The number of fused-ring (bicyclic) bond motifs is 1. The molecule has 0 bridgehead atoms. The molecular formula is C22H19NO3. The van der Waals surface area contributed by atoms with E-state index < -0.39 is 5.41 Å². The number of benzene rings is 3. The van der Waals surface area contributed by atoms with E-state index in [9.17, 15) is 15.0 Å². The van der Waals surface area contributed by atoms with E-state index >= 15 is 0 Å². The molecule has 0 aromatic heterocycles. The van der Waals surface area contributed by atoms with E-state index in [1.54, 1.807) is 36.4 Å². The van der Waals surface area contributed by atoms with Gasteiger partial charge in [-0.3, -0.25) is 4.79 Å². The fraction of sp³-hybridized carbons (Fsp3) is 0.136. The quantitative estimate of drug-likeness (QED) is 0.657. The molecular weight excluding hydrogens is 326 g/mol. The third kappa shape index (κ3) is 2.12. The standard InChI is InChI=1S/C22H19NO3/c1-13-11-15(24)7-9-17(13)22(18-10-8-16(25)12-14(18)2)19-5-3-4-6-20(19)23-21(22)26/h3-12,24-25H,1-2H3,(H,23,26). The molecule has 0 aliphatic carbocycles. The van der Waals surface area contributed by atoms with Crippen LogP contribution in [0.4, 0.5) is 5.69 Å². The second-order valence-electron chi connectivity index (χ2n) is 6.75. The van der Waals surface area contributed by atoms with Gasteiger partial charge in [0.1, 0.15) is 16.9 Å². The molecule has 4 nitrogen and oxygen atoms in total. The number of hydrogen-bond donors (Lipinski definition) is 3. The highest BCUT2D eigenvalue weighted by molar-refractivity contribution is 6.11. The van der Waals surface area contributed by atoms with Crippen LogP contribution in [-0.2, 0) is 10.2 Å². The zero-order valence-electron chi connectivity index (χ0n) is 14.6. The molecule has 130 valence electrons. The average molecular weight is 345 g/mol. The second-order valence-corrected chi connectivity index (χ2v) is 6.75.